The fourth-order valence-corrected chi connectivity index (χ4v) is 5.72. The summed E-state index contributed by atoms with van der Waals surface area (Å²) in [5.74, 6) is 0. The zero-order valence-electron chi connectivity index (χ0n) is 6.41. The van der Waals surface area contributed by atoms with Gasteiger partial charge in [0.25, 0.3) is 0 Å². The minimum absolute atomic E-state index is 1.12. The molecule has 1 heterocycles. The zero-order chi connectivity index (χ0) is 7.45. The van der Waals surface area contributed by atoms with E-state index in [2.05, 4.69) is 6.58 Å². The maximum absolute atomic E-state index is 6.44. The molecule has 0 bridgehead atoms. The van der Waals surface area contributed by atoms with Crippen LogP contribution < -0.4 is 0 Å². The van der Waals surface area contributed by atoms with E-state index >= 15 is 0 Å². The molecule has 0 aromatic carbocycles. The third-order valence-corrected chi connectivity index (χ3v) is 7.38. The first kappa shape index (κ1) is 8.34. The van der Waals surface area contributed by atoms with Crippen LogP contribution in [0.15, 0.2) is 12.7 Å². The number of rotatable bonds is 2. The lowest BCUT2D eigenvalue weighted by molar-refractivity contribution is 0.718. The number of hydrogen-bond donors (Lipinski definition) is 0. The van der Waals surface area contributed by atoms with Gasteiger partial charge >= 0.3 is 0 Å². The number of hydrogen-bond acceptors (Lipinski definition) is 0. The van der Waals surface area contributed by atoms with Crippen molar-refractivity contribution in [3.8, 4) is 0 Å². The molecule has 1 fully saturated rings. The Hall–Kier alpha value is 0.247. The maximum atomic E-state index is 6.44. The van der Waals surface area contributed by atoms with Crippen molar-refractivity contribution in [2.24, 2.45) is 0 Å². The predicted molar refractivity (Wildman–Crippen MR) is 50.1 cm³/mol. The van der Waals surface area contributed by atoms with Gasteiger partial charge < -0.3 is 0 Å². The van der Waals surface area contributed by atoms with Crippen molar-refractivity contribution in [3.63, 3.8) is 0 Å². The highest BCUT2D eigenvalue weighted by molar-refractivity contribution is 7.20. The van der Waals surface area contributed by atoms with Crippen LogP contribution in [0.4, 0.5) is 0 Å². The Labute approximate surface area is 69.0 Å². The molecular formula is C8H15ClSi. The highest BCUT2D eigenvalue weighted by Gasteiger charge is 2.30. The van der Waals surface area contributed by atoms with Gasteiger partial charge in [-0.1, -0.05) is 25.3 Å². The van der Waals surface area contributed by atoms with Crippen LogP contribution in [-0.2, 0) is 0 Å². The second-order valence-corrected chi connectivity index (χ2v) is 9.32. The van der Waals surface area contributed by atoms with Gasteiger partial charge in [-0.3, -0.25) is 0 Å². The molecule has 1 rings (SSSR count). The third-order valence-electron chi connectivity index (χ3n) is 2.26. The van der Waals surface area contributed by atoms with E-state index in [4.69, 9.17) is 11.1 Å². The molecule has 0 saturated carbocycles. The minimum Gasteiger partial charge on any atom is -0.167 e. The van der Waals surface area contributed by atoms with E-state index in [1.54, 1.807) is 0 Å². The zero-order valence-corrected chi connectivity index (χ0v) is 8.16. The Kier molecular flexibility index (Phi) is 2.99. The van der Waals surface area contributed by atoms with Crippen LogP contribution in [0.2, 0.25) is 18.1 Å². The highest BCUT2D eigenvalue weighted by atomic mass is 35.6. The average Bonchev–Trinajstić information content (AvgIpc) is 1.89. The van der Waals surface area contributed by atoms with Crippen molar-refractivity contribution in [2.75, 3.05) is 0 Å². The quantitative estimate of drug-likeness (QED) is 0.341. The van der Waals surface area contributed by atoms with Gasteiger partial charge in [0.15, 0.2) is 7.38 Å². The predicted octanol–water partition coefficient (Wildman–Crippen LogP) is 3.54. The Balaban J connectivity index is 2.39. The summed E-state index contributed by atoms with van der Waals surface area (Å²) in [4.78, 5) is 0. The van der Waals surface area contributed by atoms with Crippen molar-refractivity contribution in [3.05, 3.63) is 12.7 Å². The van der Waals surface area contributed by atoms with Crippen LogP contribution in [0.1, 0.15) is 19.3 Å². The molecule has 0 amide bonds. The largest absolute Gasteiger partial charge is 0.167 e. The summed E-state index contributed by atoms with van der Waals surface area (Å²) in [6.45, 7) is 3.75. The molecule has 10 heavy (non-hydrogen) atoms. The van der Waals surface area contributed by atoms with Gasteiger partial charge in [0.05, 0.1) is 0 Å². The van der Waals surface area contributed by atoms with E-state index in [-0.39, 0.29) is 0 Å². The molecule has 0 spiro atoms. The van der Waals surface area contributed by atoms with Crippen molar-refractivity contribution in [2.45, 2.75) is 37.4 Å². The Morgan fingerprint density at radius 1 is 1.30 bits per heavy atom. The van der Waals surface area contributed by atoms with Crippen LogP contribution in [0.5, 0.6) is 0 Å². The number of allylic oxidation sites excluding steroid dienone is 1. The summed E-state index contributed by atoms with van der Waals surface area (Å²) in [6, 6.07) is 3.76. The fourth-order valence-electron chi connectivity index (χ4n) is 1.65. The maximum Gasteiger partial charge on any atom is 0.160 e. The summed E-state index contributed by atoms with van der Waals surface area (Å²) in [5.41, 5.74) is 0. The normalized spacial score (nSPS) is 24.1. The van der Waals surface area contributed by atoms with Gasteiger partial charge in [0, 0.05) is 0 Å². The Morgan fingerprint density at radius 2 is 1.90 bits per heavy atom. The van der Waals surface area contributed by atoms with Crippen molar-refractivity contribution in [1.82, 2.24) is 0 Å². The second-order valence-electron chi connectivity index (χ2n) is 3.20. The Morgan fingerprint density at radius 3 is 2.40 bits per heavy atom. The van der Waals surface area contributed by atoms with Crippen LogP contribution in [0.3, 0.4) is 0 Å². The van der Waals surface area contributed by atoms with Gasteiger partial charge in [0.2, 0.25) is 0 Å². The molecule has 1 saturated heterocycles. The van der Waals surface area contributed by atoms with Gasteiger partial charge in [-0.2, -0.15) is 11.1 Å². The lowest BCUT2D eigenvalue weighted by atomic mass is 10.3. The molecule has 0 aromatic heterocycles. The van der Waals surface area contributed by atoms with E-state index in [0.717, 1.165) is 6.04 Å². The van der Waals surface area contributed by atoms with Crippen LogP contribution in [-0.4, -0.2) is 7.38 Å². The number of halogens is 1. The molecule has 58 valence electrons. The second kappa shape index (κ2) is 3.58. The topological polar surface area (TPSA) is 0 Å². The van der Waals surface area contributed by atoms with Crippen LogP contribution >= 0.6 is 11.1 Å². The lowest BCUT2D eigenvalue weighted by Crippen LogP contribution is -2.28. The molecule has 0 aromatic rings. The molecule has 1 aliphatic rings. The first-order valence-electron chi connectivity index (χ1n) is 4.07. The molecule has 0 aliphatic carbocycles. The molecule has 0 unspecified atom stereocenters. The Bertz CT molecular complexity index is 116. The minimum atomic E-state index is -1.28. The van der Waals surface area contributed by atoms with E-state index in [0.29, 0.717) is 0 Å². The van der Waals surface area contributed by atoms with Crippen molar-refractivity contribution < 1.29 is 0 Å². The summed E-state index contributed by atoms with van der Waals surface area (Å²) >= 11 is 6.44. The standard InChI is InChI=1S/C8H15ClSi/c1-2-6-10(9)7-4-3-5-8-10/h2H,1,3-8H2. The summed E-state index contributed by atoms with van der Waals surface area (Å²) in [7, 11) is -1.28. The van der Waals surface area contributed by atoms with Crippen molar-refractivity contribution in [1.29, 1.82) is 0 Å². The monoisotopic (exact) mass is 174 g/mol. The first-order valence-corrected chi connectivity index (χ1v) is 7.70. The summed E-state index contributed by atoms with van der Waals surface area (Å²) < 4.78 is 0. The smallest absolute Gasteiger partial charge is 0.160 e. The molecule has 1 aliphatic heterocycles. The molecular weight excluding hydrogens is 160 g/mol. The fraction of sp³-hybridized carbons (Fsp3) is 0.750. The van der Waals surface area contributed by atoms with E-state index < -0.39 is 7.38 Å². The molecule has 0 radical (unpaired) electrons. The van der Waals surface area contributed by atoms with Crippen LogP contribution in [0.25, 0.3) is 0 Å². The van der Waals surface area contributed by atoms with Crippen molar-refractivity contribution >= 4 is 18.5 Å². The van der Waals surface area contributed by atoms with Gasteiger partial charge in [-0.25, -0.2) is 0 Å². The SMILES string of the molecule is C=CC[Si]1(Cl)CCCCC1. The third kappa shape index (κ3) is 2.13. The first-order chi connectivity index (χ1) is 4.77. The average molecular weight is 175 g/mol. The van der Waals surface area contributed by atoms with E-state index in [1.807, 2.05) is 6.08 Å². The summed E-state index contributed by atoms with van der Waals surface area (Å²) in [6.07, 6.45) is 6.14. The lowest BCUT2D eigenvalue weighted by Gasteiger charge is -2.27. The highest BCUT2D eigenvalue weighted by Crippen LogP contribution is 2.34. The van der Waals surface area contributed by atoms with Gasteiger partial charge in [0.1, 0.15) is 0 Å². The summed E-state index contributed by atoms with van der Waals surface area (Å²) in [5, 5.41) is 0. The molecule has 2 heteroatoms. The molecule has 0 N–H and O–H groups in total. The van der Waals surface area contributed by atoms with E-state index in [1.165, 1.54) is 31.4 Å². The van der Waals surface area contributed by atoms with Crippen LogP contribution in [0, 0.1) is 0 Å². The van der Waals surface area contributed by atoms with Gasteiger partial charge in [-0.15, -0.1) is 6.58 Å². The van der Waals surface area contributed by atoms with E-state index in [9.17, 15) is 0 Å². The van der Waals surface area contributed by atoms with Gasteiger partial charge in [-0.05, 0) is 18.1 Å². The molecule has 0 atom stereocenters. The molecule has 0 nitrogen and oxygen atoms in total.